The van der Waals surface area contributed by atoms with Crippen molar-refractivity contribution in [3.63, 3.8) is 0 Å². The smallest absolute Gasteiger partial charge is 0.271 e. The number of carbonyl (C=O) groups is 1. The lowest BCUT2D eigenvalue weighted by molar-refractivity contribution is -0.384. The van der Waals surface area contributed by atoms with Crippen LogP contribution in [0.3, 0.4) is 0 Å². The molecule has 21 heavy (non-hydrogen) atoms. The summed E-state index contributed by atoms with van der Waals surface area (Å²) < 4.78 is 0. The molecule has 0 radical (unpaired) electrons. The summed E-state index contributed by atoms with van der Waals surface area (Å²) in [7, 11) is 0. The van der Waals surface area contributed by atoms with Gasteiger partial charge in [0.25, 0.3) is 5.69 Å². The second-order valence-electron chi connectivity index (χ2n) is 5.89. The van der Waals surface area contributed by atoms with Gasteiger partial charge in [-0.15, -0.1) is 0 Å². The van der Waals surface area contributed by atoms with Crippen LogP contribution in [0, 0.1) is 15.5 Å². The number of amides is 1. The largest absolute Gasteiger partial charge is 0.323 e. The van der Waals surface area contributed by atoms with Crippen molar-refractivity contribution in [2.45, 2.75) is 32.7 Å². The van der Waals surface area contributed by atoms with Crippen molar-refractivity contribution in [3.8, 4) is 0 Å². The number of hydrogen-bond acceptors (Lipinski definition) is 4. The van der Waals surface area contributed by atoms with Crippen LogP contribution in [0.25, 0.3) is 0 Å². The number of carbonyl (C=O) groups excluding carboxylic acids is 1. The van der Waals surface area contributed by atoms with Gasteiger partial charge < -0.3 is 10.6 Å². The van der Waals surface area contributed by atoms with Crippen LogP contribution in [-0.2, 0) is 4.79 Å². The highest BCUT2D eigenvalue weighted by Gasteiger charge is 2.37. The summed E-state index contributed by atoms with van der Waals surface area (Å²) in [6, 6.07) is 3.65. The van der Waals surface area contributed by atoms with E-state index in [1.54, 1.807) is 0 Å². The quantitative estimate of drug-likeness (QED) is 0.664. The molecule has 2 rings (SSSR count). The monoisotopic (exact) mass is 311 g/mol. The molecule has 1 saturated heterocycles. The number of nitro benzene ring substituents is 1. The maximum absolute atomic E-state index is 12.4. The van der Waals surface area contributed by atoms with Gasteiger partial charge in [-0.25, -0.2) is 0 Å². The molecule has 0 spiro atoms. The first-order chi connectivity index (χ1) is 9.81. The predicted octanol–water partition coefficient (Wildman–Crippen LogP) is 2.96. The molecule has 1 fully saturated rings. The molecule has 1 aromatic carbocycles. The SMILES string of the molecule is CC1(C)CCCNC1C(=O)Nc1cc([N+](=O)[O-])ccc1Cl. The second-order valence-corrected chi connectivity index (χ2v) is 6.30. The van der Waals surface area contributed by atoms with Gasteiger partial charge in [-0.05, 0) is 30.9 Å². The summed E-state index contributed by atoms with van der Waals surface area (Å²) in [6.07, 6.45) is 1.97. The standard InChI is InChI=1S/C14H18ClN3O3/c1-14(2)6-3-7-16-12(14)13(19)17-11-8-9(18(20)21)4-5-10(11)15/h4-5,8,12,16H,3,6-7H2,1-2H3,(H,17,19). The first-order valence-corrected chi connectivity index (χ1v) is 7.17. The number of benzene rings is 1. The van der Waals surface area contributed by atoms with Gasteiger partial charge in [0.1, 0.15) is 0 Å². The van der Waals surface area contributed by atoms with Crippen LogP contribution in [0.15, 0.2) is 18.2 Å². The number of halogens is 1. The summed E-state index contributed by atoms with van der Waals surface area (Å²) in [5.74, 6) is -0.220. The number of nitrogens with one attached hydrogen (secondary N) is 2. The fourth-order valence-electron chi connectivity index (χ4n) is 2.59. The molecule has 1 aromatic rings. The first-order valence-electron chi connectivity index (χ1n) is 6.79. The maximum atomic E-state index is 12.4. The first kappa shape index (κ1) is 15.7. The molecule has 1 aliphatic heterocycles. The molecule has 0 aromatic heterocycles. The Labute approximate surface area is 128 Å². The van der Waals surface area contributed by atoms with Crippen molar-refractivity contribution >= 4 is 28.9 Å². The van der Waals surface area contributed by atoms with Gasteiger partial charge in [0.15, 0.2) is 0 Å². The Kier molecular flexibility index (Phi) is 4.49. The van der Waals surface area contributed by atoms with Gasteiger partial charge in [-0.1, -0.05) is 25.4 Å². The van der Waals surface area contributed by atoms with E-state index in [0.717, 1.165) is 19.4 Å². The molecule has 2 N–H and O–H groups in total. The zero-order valence-corrected chi connectivity index (χ0v) is 12.7. The van der Waals surface area contributed by atoms with E-state index in [0.29, 0.717) is 0 Å². The second kappa shape index (κ2) is 5.99. The van der Waals surface area contributed by atoms with Crippen molar-refractivity contribution in [2.75, 3.05) is 11.9 Å². The van der Waals surface area contributed by atoms with Gasteiger partial charge in [-0.2, -0.15) is 0 Å². The number of piperidine rings is 1. The third-order valence-corrected chi connectivity index (χ3v) is 4.14. The molecular weight excluding hydrogens is 294 g/mol. The summed E-state index contributed by atoms with van der Waals surface area (Å²) in [5, 5.41) is 17.0. The Morgan fingerprint density at radius 2 is 2.24 bits per heavy atom. The number of anilines is 1. The van der Waals surface area contributed by atoms with Crippen molar-refractivity contribution in [1.29, 1.82) is 0 Å². The summed E-state index contributed by atoms with van der Waals surface area (Å²) in [5.41, 5.74) is -0.0141. The van der Waals surface area contributed by atoms with E-state index in [-0.39, 0.29) is 33.8 Å². The van der Waals surface area contributed by atoms with Crippen LogP contribution < -0.4 is 10.6 Å². The summed E-state index contributed by atoms with van der Waals surface area (Å²) in [4.78, 5) is 22.7. The third kappa shape index (κ3) is 3.51. The topological polar surface area (TPSA) is 84.3 Å². The molecular formula is C14H18ClN3O3. The molecule has 1 heterocycles. The van der Waals surface area contributed by atoms with Crippen LogP contribution in [-0.4, -0.2) is 23.4 Å². The number of rotatable bonds is 3. The minimum Gasteiger partial charge on any atom is -0.323 e. The number of nitro groups is 1. The molecule has 0 saturated carbocycles. The fourth-order valence-corrected chi connectivity index (χ4v) is 2.75. The van der Waals surface area contributed by atoms with E-state index < -0.39 is 4.92 Å². The lowest BCUT2D eigenvalue weighted by Gasteiger charge is -2.38. The Morgan fingerprint density at radius 3 is 2.86 bits per heavy atom. The Bertz CT molecular complexity index is 575. The minimum atomic E-state index is -0.519. The van der Waals surface area contributed by atoms with Crippen molar-refractivity contribution in [3.05, 3.63) is 33.3 Å². The van der Waals surface area contributed by atoms with Crippen LogP contribution in [0.4, 0.5) is 11.4 Å². The van der Waals surface area contributed by atoms with Gasteiger partial charge in [0.05, 0.1) is 21.7 Å². The van der Waals surface area contributed by atoms with Crippen LogP contribution in [0.1, 0.15) is 26.7 Å². The van der Waals surface area contributed by atoms with E-state index in [4.69, 9.17) is 11.6 Å². The molecule has 114 valence electrons. The number of hydrogen-bond donors (Lipinski definition) is 2. The lowest BCUT2D eigenvalue weighted by atomic mass is 9.77. The average Bonchev–Trinajstić information content (AvgIpc) is 2.40. The maximum Gasteiger partial charge on any atom is 0.271 e. The Balaban J connectivity index is 2.19. The van der Waals surface area contributed by atoms with Gasteiger partial charge in [0.2, 0.25) is 5.91 Å². The predicted molar refractivity (Wildman–Crippen MR) is 81.5 cm³/mol. The highest BCUT2D eigenvalue weighted by Crippen LogP contribution is 2.32. The van der Waals surface area contributed by atoms with Crippen LogP contribution >= 0.6 is 11.6 Å². The summed E-state index contributed by atoms with van der Waals surface area (Å²) >= 11 is 6.00. The van der Waals surface area contributed by atoms with Gasteiger partial charge >= 0.3 is 0 Å². The van der Waals surface area contributed by atoms with E-state index in [1.807, 2.05) is 13.8 Å². The van der Waals surface area contributed by atoms with Crippen molar-refractivity contribution in [1.82, 2.24) is 5.32 Å². The van der Waals surface area contributed by atoms with E-state index in [9.17, 15) is 14.9 Å². The molecule has 1 aliphatic rings. The van der Waals surface area contributed by atoms with E-state index in [2.05, 4.69) is 10.6 Å². The third-order valence-electron chi connectivity index (χ3n) is 3.81. The zero-order chi connectivity index (χ0) is 15.6. The molecule has 1 unspecified atom stereocenters. The molecule has 1 atom stereocenters. The fraction of sp³-hybridized carbons (Fsp3) is 0.500. The van der Waals surface area contributed by atoms with Gasteiger partial charge in [0, 0.05) is 12.1 Å². The van der Waals surface area contributed by atoms with E-state index in [1.165, 1.54) is 18.2 Å². The molecule has 7 heteroatoms. The Morgan fingerprint density at radius 1 is 1.52 bits per heavy atom. The van der Waals surface area contributed by atoms with Crippen LogP contribution in [0.2, 0.25) is 5.02 Å². The lowest BCUT2D eigenvalue weighted by Crippen LogP contribution is -2.53. The molecule has 0 bridgehead atoms. The summed E-state index contributed by atoms with van der Waals surface area (Å²) in [6.45, 7) is 4.83. The van der Waals surface area contributed by atoms with Crippen molar-refractivity contribution < 1.29 is 9.72 Å². The van der Waals surface area contributed by atoms with Gasteiger partial charge in [-0.3, -0.25) is 14.9 Å². The highest BCUT2D eigenvalue weighted by molar-refractivity contribution is 6.33. The molecule has 6 nitrogen and oxygen atoms in total. The highest BCUT2D eigenvalue weighted by atomic mass is 35.5. The van der Waals surface area contributed by atoms with Crippen LogP contribution in [0.5, 0.6) is 0 Å². The zero-order valence-electron chi connectivity index (χ0n) is 12.0. The number of non-ortho nitro benzene ring substituents is 1. The minimum absolute atomic E-state index is 0.106. The molecule has 1 amide bonds. The van der Waals surface area contributed by atoms with E-state index >= 15 is 0 Å². The number of nitrogens with zero attached hydrogens (tertiary/aromatic N) is 1. The average molecular weight is 312 g/mol. The molecule has 0 aliphatic carbocycles. The Hall–Kier alpha value is -1.66. The van der Waals surface area contributed by atoms with Crippen molar-refractivity contribution in [2.24, 2.45) is 5.41 Å². The normalized spacial score (nSPS) is 20.8.